The minimum Gasteiger partial charge on any atom is -0.310 e. The van der Waals surface area contributed by atoms with Crippen molar-refractivity contribution < 1.29 is 19.7 Å². The summed E-state index contributed by atoms with van der Waals surface area (Å²) in [4.78, 5) is 28.8. The SMILES string of the molecule is CC(C)(N=C=O)c1ccc(C(C)(C)NC(=O)OO)cc1. The van der Waals surface area contributed by atoms with E-state index in [-0.39, 0.29) is 0 Å². The van der Waals surface area contributed by atoms with E-state index in [1.54, 1.807) is 33.8 Å². The van der Waals surface area contributed by atoms with Gasteiger partial charge in [-0.05, 0) is 38.8 Å². The smallest absolute Gasteiger partial charge is 0.310 e. The maximum atomic E-state index is 11.1. The number of carbonyl (C=O) groups excluding carboxylic acids is 2. The molecule has 0 fully saturated rings. The summed E-state index contributed by atoms with van der Waals surface area (Å²) in [5.74, 6) is 0. The van der Waals surface area contributed by atoms with Crippen LogP contribution in [-0.2, 0) is 20.8 Å². The van der Waals surface area contributed by atoms with E-state index in [2.05, 4.69) is 15.2 Å². The largest absolute Gasteiger partial charge is 0.439 e. The molecule has 0 aliphatic rings. The minimum atomic E-state index is -0.926. The number of nitrogens with one attached hydrogen (secondary N) is 1. The van der Waals surface area contributed by atoms with Crippen LogP contribution in [0.25, 0.3) is 0 Å². The standard InChI is InChI=1S/C14H18N2O4/c1-13(2,15-9-17)10-5-7-11(8-6-10)14(3,4)16-12(18)20-19/h5-8,19H,1-4H3,(H,16,18). The van der Waals surface area contributed by atoms with Gasteiger partial charge in [-0.2, -0.15) is 10.2 Å². The normalized spacial score (nSPS) is 11.4. The molecule has 0 atom stereocenters. The highest BCUT2D eigenvalue weighted by molar-refractivity contribution is 5.67. The Kier molecular flexibility index (Phi) is 4.65. The van der Waals surface area contributed by atoms with Crippen LogP contribution in [0.2, 0.25) is 0 Å². The van der Waals surface area contributed by atoms with Crippen LogP contribution in [0.5, 0.6) is 0 Å². The molecule has 0 radical (unpaired) electrons. The molecule has 1 aromatic carbocycles. The molecule has 6 heteroatoms. The molecule has 6 nitrogen and oxygen atoms in total. The lowest BCUT2D eigenvalue weighted by atomic mass is 9.89. The van der Waals surface area contributed by atoms with Crippen molar-refractivity contribution in [3.05, 3.63) is 35.4 Å². The molecular formula is C14H18N2O4. The molecule has 0 spiro atoms. The summed E-state index contributed by atoms with van der Waals surface area (Å²) < 4.78 is 0. The van der Waals surface area contributed by atoms with Crippen molar-refractivity contribution in [2.45, 2.75) is 38.8 Å². The molecule has 2 N–H and O–H groups in total. The van der Waals surface area contributed by atoms with Gasteiger partial charge in [-0.15, -0.1) is 0 Å². The van der Waals surface area contributed by atoms with E-state index < -0.39 is 17.2 Å². The molecule has 108 valence electrons. The van der Waals surface area contributed by atoms with Crippen molar-refractivity contribution in [3.8, 4) is 0 Å². The Morgan fingerprint density at radius 3 is 2.15 bits per heavy atom. The van der Waals surface area contributed by atoms with E-state index in [1.165, 1.54) is 0 Å². The third-order valence-corrected chi connectivity index (χ3v) is 3.14. The van der Waals surface area contributed by atoms with Crippen LogP contribution in [0.3, 0.4) is 0 Å². The fourth-order valence-corrected chi connectivity index (χ4v) is 1.82. The van der Waals surface area contributed by atoms with E-state index >= 15 is 0 Å². The minimum absolute atomic E-state index is 0.651. The number of carbonyl (C=O) groups is 1. The number of benzene rings is 1. The monoisotopic (exact) mass is 278 g/mol. The van der Waals surface area contributed by atoms with Gasteiger partial charge in [0.05, 0.1) is 11.1 Å². The predicted octanol–water partition coefficient (Wildman–Crippen LogP) is 2.69. The van der Waals surface area contributed by atoms with Gasteiger partial charge in [0.1, 0.15) is 0 Å². The summed E-state index contributed by atoms with van der Waals surface area (Å²) in [6.07, 6.45) is 0.633. The molecule has 0 heterocycles. The van der Waals surface area contributed by atoms with Gasteiger partial charge in [0.25, 0.3) is 0 Å². The van der Waals surface area contributed by atoms with Crippen molar-refractivity contribution in [2.24, 2.45) is 4.99 Å². The summed E-state index contributed by atoms with van der Waals surface area (Å²) in [7, 11) is 0. The summed E-state index contributed by atoms with van der Waals surface area (Å²) >= 11 is 0. The van der Waals surface area contributed by atoms with Crippen LogP contribution in [0.15, 0.2) is 29.3 Å². The van der Waals surface area contributed by atoms with Gasteiger partial charge in [0, 0.05) is 0 Å². The molecule has 1 amide bonds. The summed E-state index contributed by atoms with van der Waals surface area (Å²) in [6.45, 7) is 7.15. The lowest BCUT2D eigenvalue weighted by Crippen LogP contribution is -2.41. The third kappa shape index (κ3) is 3.66. The van der Waals surface area contributed by atoms with Gasteiger partial charge in [0.15, 0.2) is 0 Å². The maximum Gasteiger partial charge on any atom is 0.439 e. The first kappa shape index (κ1) is 15.9. The topological polar surface area (TPSA) is 88.0 Å². The molecule has 0 aliphatic carbocycles. The summed E-state index contributed by atoms with van der Waals surface area (Å²) in [5.41, 5.74) is 0.306. The Bertz CT molecular complexity index is 529. The van der Waals surface area contributed by atoms with Crippen molar-refractivity contribution in [2.75, 3.05) is 0 Å². The zero-order valence-electron chi connectivity index (χ0n) is 11.9. The highest BCUT2D eigenvalue weighted by Crippen LogP contribution is 2.27. The molecule has 0 saturated heterocycles. The Morgan fingerprint density at radius 1 is 1.20 bits per heavy atom. The van der Waals surface area contributed by atoms with E-state index in [0.29, 0.717) is 0 Å². The van der Waals surface area contributed by atoms with Gasteiger partial charge in [-0.3, -0.25) is 4.89 Å². The molecule has 1 rings (SSSR count). The van der Waals surface area contributed by atoms with E-state index in [0.717, 1.165) is 11.1 Å². The summed E-state index contributed by atoms with van der Waals surface area (Å²) in [5, 5.41) is 10.8. The Labute approximate surface area is 117 Å². The van der Waals surface area contributed by atoms with Crippen molar-refractivity contribution in [3.63, 3.8) is 0 Å². The van der Waals surface area contributed by atoms with Crippen LogP contribution in [0.1, 0.15) is 38.8 Å². The van der Waals surface area contributed by atoms with Crippen LogP contribution < -0.4 is 5.32 Å². The molecule has 0 saturated carbocycles. The van der Waals surface area contributed by atoms with Gasteiger partial charge < -0.3 is 5.32 Å². The average Bonchev–Trinajstić information content (AvgIpc) is 2.38. The number of nitrogens with zero attached hydrogens (tertiary/aromatic N) is 1. The highest BCUT2D eigenvalue weighted by Gasteiger charge is 2.25. The van der Waals surface area contributed by atoms with Crippen LogP contribution >= 0.6 is 0 Å². The molecule has 0 aromatic heterocycles. The molecule has 1 aromatic rings. The van der Waals surface area contributed by atoms with Crippen LogP contribution in [0, 0.1) is 0 Å². The number of rotatable bonds is 4. The zero-order valence-corrected chi connectivity index (χ0v) is 11.9. The van der Waals surface area contributed by atoms with Crippen LogP contribution in [-0.4, -0.2) is 17.4 Å². The zero-order chi connectivity index (χ0) is 15.4. The lowest BCUT2D eigenvalue weighted by Gasteiger charge is -2.26. The van der Waals surface area contributed by atoms with E-state index in [1.807, 2.05) is 24.3 Å². The lowest BCUT2D eigenvalue weighted by molar-refractivity contribution is -0.179. The second kappa shape index (κ2) is 5.86. The molecule has 0 bridgehead atoms. The quantitative estimate of drug-likeness (QED) is 0.383. The number of hydrogen-bond donors (Lipinski definition) is 2. The maximum absolute atomic E-state index is 11.1. The number of amides is 1. The van der Waals surface area contributed by atoms with Gasteiger partial charge in [-0.1, -0.05) is 24.3 Å². The number of hydrogen-bond acceptors (Lipinski definition) is 5. The Morgan fingerprint density at radius 2 is 1.70 bits per heavy atom. The van der Waals surface area contributed by atoms with Gasteiger partial charge in [-0.25, -0.2) is 9.59 Å². The molecule has 0 aliphatic heterocycles. The average molecular weight is 278 g/mol. The number of isocyanates is 1. The second-order valence-electron chi connectivity index (χ2n) is 5.47. The molecular weight excluding hydrogens is 260 g/mol. The fraction of sp³-hybridized carbons (Fsp3) is 0.429. The Hall–Kier alpha value is -2.17. The highest BCUT2D eigenvalue weighted by atomic mass is 17.1. The first-order valence-corrected chi connectivity index (χ1v) is 6.06. The predicted molar refractivity (Wildman–Crippen MR) is 72.9 cm³/mol. The van der Waals surface area contributed by atoms with Crippen molar-refractivity contribution >= 4 is 12.2 Å². The van der Waals surface area contributed by atoms with Crippen molar-refractivity contribution in [1.82, 2.24) is 5.32 Å². The molecule has 0 unspecified atom stereocenters. The molecule has 20 heavy (non-hydrogen) atoms. The third-order valence-electron chi connectivity index (χ3n) is 3.14. The van der Waals surface area contributed by atoms with E-state index in [9.17, 15) is 9.59 Å². The first-order valence-electron chi connectivity index (χ1n) is 6.06. The number of aliphatic imine (C=N–C) groups is 1. The second-order valence-corrected chi connectivity index (χ2v) is 5.47. The van der Waals surface area contributed by atoms with Gasteiger partial charge >= 0.3 is 6.09 Å². The van der Waals surface area contributed by atoms with Crippen LogP contribution in [0.4, 0.5) is 4.79 Å². The van der Waals surface area contributed by atoms with E-state index in [4.69, 9.17) is 5.26 Å². The Balaban J connectivity index is 3.02. The fourth-order valence-electron chi connectivity index (χ4n) is 1.82. The first-order chi connectivity index (χ1) is 9.23. The van der Waals surface area contributed by atoms with Crippen molar-refractivity contribution in [1.29, 1.82) is 0 Å². The summed E-state index contributed by atoms with van der Waals surface area (Å²) in [6, 6.07) is 7.28. The van der Waals surface area contributed by atoms with Gasteiger partial charge in [0.2, 0.25) is 6.08 Å².